The lowest BCUT2D eigenvalue weighted by molar-refractivity contribution is -0.117. The second-order valence-electron chi connectivity index (χ2n) is 6.93. The predicted octanol–water partition coefficient (Wildman–Crippen LogP) is 4.51. The van der Waals surface area contributed by atoms with Crippen LogP contribution in [-0.4, -0.2) is 26.8 Å². The zero-order valence-electron chi connectivity index (χ0n) is 16.1. The van der Waals surface area contributed by atoms with Gasteiger partial charge in [-0.25, -0.2) is 14.4 Å². The molecule has 31 heavy (non-hydrogen) atoms. The summed E-state index contributed by atoms with van der Waals surface area (Å²) in [5.41, 5.74) is 0.332. The zero-order valence-corrected chi connectivity index (χ0v) is 16.9. The van der Waals surface area contributed by atoms with Crippen LogP contribution in [0.5, 0.6) is 0 Å². The molecule has 4 aromatic rings. The van der Waals surface area contributed by atoms with Crippen LogP contribution in [0.4, 0.5) is 9.52 Å². The first-order chi connectivity index (χ1) is 15.0. The summed E-state index contributed by atoms with van der Waals surface area (Å²) in [5, 5.41) is 10.9. The molecule has 1 unspecified atom stereocenters. The predicted molar refractivity (Wildman–Crippen MR) is 111 cm³/mol. The Kier molecular flexibility index (Phi) is 4.40. The molecule has 9 heteroatoms. The number of carbonyl (C=O) groups excluding carboxylic acids is 2. The Morgan fingerprint density at radius 1 is 1.19 bits per heavy atom. The van der Waals surface area contributed by atoms with E-state index in [4.69, 9.17) is 4.42 Å². The van der Waals surface area contributed by atoms with Crippen molar-refractivity contribution in [2.45, 2.75) is 13.0 Å². The minimum absolute atomic E-state index is 0.0544. The first-order valence-electron chi connectivity index (χ1n) is 9.29. The molecular formula is C22H14FN3O4S. The highest BCUT2D eigenvalue weighted by Crippen LogP contribution is 2.44. The van der Waals surface area contributed by atoms with Crippen LogP contribution in [0.25, 0.3) is 10.3 Å². The number of carbonyl (C=O) groups is 2. The number of aromatic nitrogens is 2. The molecule has 0 spiro atoms. The number of aliphatic hydroxyl groups excluding tert-OH is 1. The number of amides is 1. The molecule has 1 aliphatic rings. The van der Waals surface area contributed by atoms with Gasteiger partial charge in [0.1, 0.15) is 28.0 Å². The van der Waals surface area contributed by atoms with Crippen LogP contribution in [0.2, 0.25) is 0 Å². The van der Waals surface area contributed by atoms with Crippen LogP contribution < -0.4 is 4.90 Å². The molecule has 1 aromatic carbocycles. The third-order valence-electron chi connectivity index (χ3n) is 4.98. The van der Waals surface area contributed by atoms with Crippen LogP contribution in [0, 0.1) is 12.7 Å². The van der Waals surface area contributed by atoms with Crippen molar-refractivity contribution in [1.82, 2.24) is 9.97 Å². The average Bonchev–Trinajstić information content (AvgIpc) is 3.44. The summed E-state index contributed by atoms with van der Waals surface area (Å²) in [6, 6.07) is 11.0. The highest BCUT2D eigenvalue weighted by molar-refractivity contribution is 7.22. The van der Waals surface area contributed by atoms with Gasteiger partial charge in [0.2, 0.25) is 5.78 Å². The van der Waals surface area contributed by atoms with Gasteiger partial charge in [-0.3, -0.25) is 14.5 Å². The van der Waals surface area contributed by atoms with Gasteiger partial charge in [0, 0.05) is 11.8 Å². The monoisotopic (exact) mass is 435 g/mol. The van der Waals surface area contributed by atoms with E-state index in [1.807, 2.05) is 0 Å². The molecule has 0 radical (unpaired) electrons. The molecule has 0 fully saturated rings. The average molecular weight is 435 g/mol. The number of halogens is 1. The molecular weight excluding hydrogens is 421 g/mol. The summed E-state index contributed by atoms with van der Waals surface area (Å²) in [6.07, 6.45) is 1.59. The lowest BCUT2D eigenvalue weighted by Gasteiger charge is -2.24. The van der Waals surface area contributed by atoms with Gasteiger partial charge in [-0.15, -0.1) is 0 Å². The number of hydrogen-bond acceptors (Lipinski definition) is 7. The number of aliphatic hydroxyl groups is 1. The Morgan fingerprint density at radius 2 is 2.00 bits per heavy atom. The number of nitrogens with zero attached hydrogens (tertiary/aromatic N) is 3. The molecule has 154 valence electrons. The molecule has 5 rings (SSSR count). The van der Waals surface area contributed by atoms with E-state index in [1.54, 1.807) is 37.4 Å². The fraction of sp³-hybridized carbons (Fsp3) is 0.0909. The fourth-order valence-corrected chi connectivity index (χ4v) is 4.51. The maximum absolute atomic E-state index is 14.8. The first kappa shape index (κ1) is 19.1. The smallest absolute Gasteiger partial charge is 0.296 e. The van der Waals surface area contributed by atoms with Crippen LogP contribution in [-0.2, 0) is 4.79 Å². The number of Topliss-reactive ketones (excluding diaryl/α,β-unsaturated/α-hetero) is 1. The Bertz CT molecular complexity index is 1360. The van der Waals surface area contributed by atoms with Crippen LogP contribution >= 0.6 is 11.3 Å². The van der Waals surface area contributed by atoms with Gasteiger partial charge in [-0.05, 0) is 37.3 Å². The van der Waals surface area contributed by atoms with Crippen molar-refractivity contribution in [3.05, 3.63) is 89.0 Å². The SMILES string of the molecule is Cc1ccc(C(=O)C2=C(O)C(=O)N(c3nc4cccnc4s3)C2c2ccccc2F)o1. The highest BCUT2D eigenvalue weighted by Gasteiger charge is 2.47. The van der Waals surface area contributed by atoms with Gasteiger partial charge >= 0.3 is 0 Å². The van der Waals surface area contributed by atoms with Crippen molar-refractivity contribution in [2.24, 2.45) is 0 Å². The number of hydrogen-bond donors (Lipinski definition) is 1. The number of pyridine rings is 1. The van der Waals surface area contributed by atoms with Crippen LogP contribution in [0.1, 0.15) is 27.9 Å². The number of ketones is 1. The summed E-state index contributed by atoms with van der Waals surface area (Å²) in [4.78, 5) is 36.6. The third-order valence-corrected chi connectivity index (χ3v) is 5.96. The minimum atomic E-state index is -1.22. The standard InChI is InChI=1S/C22H14FN3O4S/c1-11-8-9-15(30-11)18(27)16-17(12-5-2-3-6-13(12)23)26(21(29)19(16)28)22-25-14-7-4-10-24-20(14)31-22/h2-10,17,28H,1H3. The van der Waals surface area contributed by atoms with E-state index in [2.05, 4.69) is 9.97 Å². The molecule has 1 amide bonds. The van der Waals surface area contributed by atoms with Crippen molar-refractivity contribution in [1.29, 1.82) is 0 Å². The second-order valence-corrected chi connectivity index (χ2v) is 7.88. The number of rotatable bonds is 4. The molecule has 0 bridgehead atoms. The summed E-state index contributed by atoms with van der Waals surface area (Å²) in [5.74, 6) is -2.50. The Labute approximate surface area is 179 Å². The normalized spacial score (nSPS) is 16.5. The minimum Gasteiger partial charge on any atom is -0.503 e. The van der Waals surface area contributed by atoms with Gasteiger partial charge < -0.3 is 9.52 Å². The lowest BCUT2D eigenvalue weighted by Crippen LogP contribution is -2.31. The molecule has 1 atom stereocenters. The largest absolute Gasteiger partial charge is 0.503 e. The quantitative estimate of drug-likeness (QED) is 0.474. The van der Waals surface area contributed by atoms with Gasteiger partial charge in [0.15, 0.2) is 16.7 Å². The molecule has 7 nitrogen and oxygen atoms in total. The Balaban J connectivity index is 1.71. The lowest BCUT2D eigenvalue weighted by atomic mass is 9.95. The highest BCUT2D eigenvalue weighted by atomic mass is 32.1. The molecule has 0 aliphatic carbocycles. The topological polar surface area (TPSA) is 96.5 Å². The third kappa shape index (κ3) is 3.01. The number of fused-ring (bicyclic) bond motifs is 1. The Hall–Kier alpha value is -3.85. The van der Waals surface area contributed by atoms with E-state index >= 15 is 0 Å². The zero-order chi connectivity index (χ0) is 21.7. The van der Waals surface area contributed by atoms with E-state index < -0.39 is 29.3 Å². The molecule has 0 saturated carbocycles. The van der Waals surface area contributed by atoms with Crippen molar-refractivity contribution >= 4 is 38.5 Å². The number of aryl methyl sites for hydroxylation is 1. The van der Waals surface area contributed by atoms with E-state index in [0.29, 0.717) is 16.1 Å². The number of furan rings is 1. The van der Waals surface area contributed by atoms with E-state index in [9.17, 15) is 19.1 Å². The molecule has 0 saturated heterocycles. The van der Waals surface area contributed by atoms with Gasteiger partial charge in [-0.2, -0.15) is 0 Å². The first-order valence-corrected chi connectivity index (χ1v) is 10.1. The molecule has 3 aromatic heterocycles. The van der Waals surface area contributed by atoms with Crippen LogP contribution in [0.15, 0.2) is 70.5 Å². The van der Waals surface area contributed by atoms with Crippen molar-refractivity contribution in [3.8, 4) is 0 Å². The number of thiazole rings is 1. The van der Waals surface area contributed by atoms with Crippen molar-refractivity contribution in [2.75, 3.05) is 4.90 Å². The van der Waals surface area contributed by atoms with E-state index in [0.717, 1.165) is 16.2 Å². The summed E-state index contributed by atoms with van der Waals surface area (Å²) in [7, 11) is 0. The maximum Gasteiger partial charge on any atom is 0.296 e. The summed E-state index contributed by atoms with van der Waals surface area (Å²) < 4.78 is 20.2. The molecule has 1 aliphatic heterocycles. The second kappa shape index (κ2) is 7.13. The van der Waals surface area contributed by atoms with Gasteiger partial charge in [0.05, 0.1) is 5.57 Å². The number of anilines is 1. The molecule has 4 heterocycles. The van der Waals surface area contributed by atoms with Crippen molar-refractivity contribution < 1.29 is 23.5 Å². The summed E-state index contributed by atoms with van der Waals surface area (Å²) >= 11 is 1.11. The van der Waals surface area contributed by atoms with E-state index in [-0.39, 0.29) is 22.0 Å². The van der Waals surface area contributed by atoms with Crippen molar-refractivity contribution in [3.63, 3.8) is 0 Å². The van der Waals surface area contributed by atoms with Gasteiger partial charge in [-0.1, -0.05) is 29.5 Å². The summed E-state index contributed by atoms with van der Waals surface area (Å²) in [6.45, 7) is 1.67. The maximum atomic E-state index is 14.8. The number of benzene rings is 1. The fourth-order valence-electron chi connectivity index (χ4n) is 3.58. The molecule has 1 N–H and O–H groups in total. The van der Waals surface area contributed by atoms with E-state index in [1.165, 1.54) is 24.3 Å². The Morgan fingerprint density at radius 3 is 2.71 bits per heavy atom. The van der Waals surface area contributed by atoms with Crippen LogP contribution in [0.3, 0.4) is 0 Å². The van der Waals surface area contributed by atoms with Gasteiger partial charge in [0.25, 0.3) is 5.91 Å².